The minimum absolute atomic E-state index is 0.0145. The SMILES string of the molecule is CC1(C)\C(=C/C=C/C=C/C=C/C2=[NH+]C3C=CC=CC3C2(C)C)Nc2ccccc21. The van der Waals surface area contributed by atoms with E-state index in [1.807, 2.05) is 0 Å². The van der Waals surface area contributed by atoms with Gasteiger partial charge in [0.15, 0.2) is 11.8 Å². The van der Waals surface area contributed by atoms with Gasteiger partial charge in [0, 0.05) is 22.9 Å². The number of para-hydroxylation sites is 1. The van der Waals surface area contributed by atoms with Crippen molar-refractivity contribution >= 4 is 11.4 Å². The molecule has 3 aliphatic rings. The van der Waals surface area contributed by atoms with E-state index in [9.17, 15) is 0 Å². The van der Waals surface area contributed by atoms with Crippen LogP contribution in [-0.2, 0) is 5.41 Å². The third-order valence-electron chi connectivity index (χ3n) is 6.50. The second-order valence-electron chi connectivity index (χ2n) is 9.11. The number of hydrogen-bond donors (Lipinski definition) is 2. The maximum Gasteiger partial charge on any atom is 0.181 e. The highest BCUT2D eigenvalue weighted by molar-refractivity contribution is 5.96. The van der Waals surface area contributed by atoms with Gasteiger partial charge >= 0.3 is 0 Å². The van der Waals surface area contributed by atoms with Crippen molar-refractivity contribution < 1.29 is 4.99 Å². The predicted molar refractivity (Wildman–Crippen MR) is 124 cm³/mol. The maximum atomic E-state index is 3.66. The Bertz CT molecular complexity index is 993. The van der Waals surface area contributed by atoms with Gasteiger partial charge in [0.2, 0.25) is 0 Å². The van der Waals surface area contributed by atoms with Crippen molar-refractivity contribution in [1.29, 1.82) is 0 Å². The molecule has 1 aromatic rings. The van der Waals surface area contributed by atoms with Crippen LogP contribution >= 0.6 is 0 Å². The van der Waals surface area contributed by atoms with Crippen LogP contribution in [0.15, 0.2) is 96.8 Å². The number of fused-ring (bicyclic) bond motifs is 2. The molecule has 0 saturated carbocycles. The van der Waals surface area contributed by atoms with Gasteiger partial charge < -0.3 is 5.32 Å². The largest absolute Gasteiger partial charge is 0.358 e. The van der Waals surface area contributed by atoms with E-state index in [-0.39, 0.29) is 10.8 Å². The summed E-state index contributed by atoms with van der Waals surface area (Å²) in [7, 11) is 0. The van der Waals surface area contributed by atoms with Crippen LogP contribution in [0.3, 0.4) is 0 Å². The Morgan fingerprint density at radius 3 is 2.41 bits per heavy atom. The molecule has 2 N–H and O–H groups in total. The molecule has 0 bridgehead atoms. The number of hydrogen-bond acceptors (Lipinski definition) is 1. The van der Waals surface area contributed by atoms with Crippen LogP contribution in [0.2, 0.25) is 0 Å². The second-order valence-corrected chi connectivity index (χ2v) is 9.11. The van der Waals surface area contributed by atoms with E-state index in [1.165, 1.54) is 22.7 Å². The van der Waals surface area contributed by atoms with Gasteiger partial charge in [-0.05, 0) is 37.6 Å². The van der Waals surface area contributed by atoms with Crippen molar-refractivity contribution in [2.24, 2.45) is 11.3 Å². The van der Waals surface area contributed by atoms with Crippen molar-refractivity contribution in [1.82, 2.24) is 0 Å². The molecule has 0 amide bonds. The smallest absolute Gasteiger partial charge is 0.181 e. The third-order valence-corrected chi connectivity index (χ3v) is 6.50. The first-order valence-corrected chi connectivity index (χ1v) is 10.5. The summed E-state index contributed by atoms with van der Waals surface area (Å²) in [5, 5.41) is 3.55. The lowest BCUT2D eigenvalue weighted by Gasteiger charge is -2.23. The third kappa shape index (κ3) is 3.60. The van der Waals surface area contributed by atoms with E-state index in [4.69, 9.17) is 0 Å². The summed E-state index contributed by atoms with van der Waals surface area (Å²) in [6.07, 6.45) is 23.8. The first-order valence-electron chi connectivity index (χ1n) is 10.5. The molecule has 0 aromatic heterocycles. The quantitative estimate of drug-likeness (QED) is 0.730. The molecule has 2 unspecified atom stereocenters. The summed E-state index contributed by atoms with van der Waals surface area (Å²) in [5.41, 5.74) is 5.24. The van der Waals surface area contributed by atoms with Crippen LogP contribution in [0, 0.1) is 11.3 Å². The molecule has 0 spiro atoms. The summed E-state index contributed by atoms with van der Waals surface area (Å²) in [6.45, 7) is 9.16. The number of rotatable bonds is 4. The molecule has 148 valence electrons. The zero-order valence-electron chi connectivity index (χ0n) is 17.8. The fraction of sp³-hybridized carbons (Fsp3) is 0.296. The van der Waals surface area contributed by atoms with E-state index in [0.29, 0.717) is 12.0 Å². The molecule has 29 heavy (non-hydrogen) atoms. The van der Waals surface area contributed by atoms with Gasteiger partial charge in [-0.2, -0.15) is 0 Å². The van der Waals surface area contributed by atoms with Crippen LogP contribution in [-0.4, -0.2) is 11.8 Å². The molecule has 0 radical (unpaired) electrons. The van der Waals surface area contributed by atoms with Gasteiger partial charge in [-0.1, -0.05) is 80.7 Å². The van der Waals surface area contributed by atoms with Gasteiger partial charge in [-0.3, -0.25) is 0 Å². The number of anilines is 1. The van der Waals surface area contributed by atoms with E-state index < -0.39 is 0 Å². The molecule has 4 rings (SSSR count). The lowest BCUT2D eigenvalue weighted by molar-refractivity contribution is -0.483. The normalized spacial score (nSPS) is 27.7. The van der Waals surface area contributed by atoms with Gasteiger partial charge in [0.25, 0.3) is 0 Å². The number of benzene rings is 1. The van der Waals surface area contributed by atoms with Crippen molar-refractivity contribution in [3.63, 3.8) is 0 Å². The highest BCUT2D eigenvalue weighted by Crippen LogP contribution is 2.42. The molecule has 1 aliphatic carbocycles. The predicted octanol–water partition coefficient (Wildman–Crippen LogP) is 4.61. The molecule has 2 atom stereocenters. The average Bonchev–Trinajstić information content (AvgIpc) is 3.11. The summed E-state index contributed by atoms with van der Waals surface area (Å²) in [4.78, 5) is 3.66. The van der Waals surface area contributed by atoms with Gasteiger partial charge in [0.05, 0.1) is 11.3 Å². The van der Waals surface area contributed by atoms with E-state index in [0.717, 1.165) is 0 Å². The van der Waals surface area contributed by atoms with E-state index in [2.05, 4.69) is 129 Å². The van der Waals surface area contributed by atoms with Gasteiger partial charge in [-0.15, -0.1) is 0 Å². The Hall–Kier alpha value is -2.87. The zero-order chi connectivity index (χ0) is 20.5. The Morgan fingerprint density at radius 2 is 1.62 bits per heavy atom. The van der Waals surface area contributed by atoms with Gasteiger partial charge in [-0.25, -0.2) is 4.99 Å². The van der Waals surface area contributed by atoms with Crippen molar-refractivity contribution in [2.75, 3.05) is 5.32 Å². The van der Waals surface area contributed by atoms with Crippen LogP contribution in [0.4, 0.5) is 5.69 Å². The highest BCUT2D eigenvalue weighted by Gasteiger charge is 2.47. The molecule has 2 heterocycles. The topological polar surface area (TPSA) is 26.0 Å². The first-order chi connectivity index (χ1) is 13.9. The standard InChI is InChI=1S/C27H30N2/c1-26(2)20-14-10-12-16-22(20)28-24(26)18-8-6-5-7-9-19-25-27(3,4)21-15-11-13-17-23(21)29-25/h5-20,22,29H,1-4H3/p+1/b6-5+,9-7+,18-8+,25-19+. The van der Waals surface area contributed by atoms with Crippen molar-refractivity contribution in [2.45, 2.75) is 39.2 Å². The molecular formula is C27H31N2+. The zero-order valence-corrected chi connectivity index (χ0v) is 17.8. The Morgan fingerprint density at radius 1 is 0.897 bits per heavy atom. The summed E-state index contributed by atoms with van der Waals surface area (Å²) in [5.74, 6) is 0.522. The van der Waals surface area contributed by atoms with Gasteiger partial charge in [0.1, 0.15) is 0 Å². The highest BCUT2D eigenvalue weighted by atomic mass is 14.9. The molecule has 2 heteroatoms. The summed E-state index contributed by atoms with van der Waals surface area (Å²) >= 11 is 0. The molecule has 2 aliphatic heterocycles. The van der Waals surface area contributed by atoms with Crippen LogP contribution in [0.25, 0.3) is 0 Å². The minimum atomic E-state index is 0.0145. The lowest BCUT2D eigenvalue weighted by Crippen LogP contribution is -2.76. The lowest BCUT2D eigenvalue weighted by atomic mass is 9.73. The number of nitrogens with one attached hydrogen (secondary N) is 2. The molecule has 0 saturated heterocycles. The molecule has 2 nitrogen and oxygen atoms in total. The van der Waals surface area contributed by atoms with E-state index >= 15 is 0 Å². The van der Waals surface area contributed by atoms with Crippen molar-refractivity contribution in [3.8, 4) is 0 Å². The van der Waals surface area contributed by atoms with Crippen LogP contribution in [0.1, 0.15) is 33.3 Å². The minimum Gasteiger partial charge on any atom is -0.358 e. The van der Waals surface area contributed by atoms with Crippen molar-refractivity contribution in [3.05, 3.63) is 102 Å². The number of allylic oxidation sites excluding steroid dienone is 10. The fourth-order valence-corrected chi connectivity index (χ4v) is 4.57. The molecule has 0 fully saturated rings. The maximum absolute atomic E-state index is 3.66. The van der Waals surface area contributed by atoms with E-state index in [1.54, 1.807) is 0 Å². The van der Waals surface area contributed by atoms with Crippen LogP contribution in [0.5, 0.6) is 0 Å². The monoisotopic (exact) mass is 383 g/mol. The average molecular weight is 384 g/mol. The Kier molecular flexibility index (Phi) is 5.04. The second kappa shape index (κ2) is 7.51. The summed E-state index contributed by atoms with van der Waals surface area (Å²) < 4.78 is 0. The molecule has 1 aromatic carbocycles. The Labute approximate surface area is 174 Å². The summed E-state index contributed by atoms with van der Waals surface area (Å²) in [6, 6.07) is 8.95. The molecular weight excluding hydrogens is 352 g/mol. The first kappa shape index (κ1) is 19.4. The Balaban J connectivity index is 1.38. The van der Waals surface area contributed by atoms with Crippen LogP contribution < -0.4 is 10.3 Å². The fourth-order valence-electron chi connectivity index (χ4n) is 4.57.